The normalized spacial score (nSPS) is 18.8. The summed E-state index contributed by atoms with van der Waals surface area (Å²) in [4.78, 5) is 6.37. The maximum atomic E-state index is 13.9. The fourth-order valence-corrected chi connectivity index (χ4v) is 2.91. The molecule has 2 aromatic rings. The van der Waals surface area contributed by atoms with E-state index in [-0.39, 0.29) is 6.04 Å². The van der Waals surface area contributed by atoms with E-state index in [4.69, 9.17) is 0 Å². The van der Waals surface area contributed by atoms with Gasteiger partial charge in [-0.3, -0.25) is 9.88 Å². The molecule has 2 heterocycles. The van der Waals surface area contributed by atoms with Crippen LogP contribution >= 0.6 is 0 Å². The number of benzene rings is 1. The Hall–Kier alpha value is -2.12. The van der Waals surface area contributed by atoms with E-state index in [9.17, 15) is 13.2 Å². The van der Waals surface area contributed by atoms with Gasteiger partial charge in [0.1, 0.15) is 0 Å². The lowest BCUT2D eigenvalue weighted by Crippen LogP contribution is -2.45. The summed E-state index contributed by atoms with van der Waals surface area (Å²) in [5, 5.41) is 3.34. The average Bonchev–Trinajstić information content (AvgIpc) is 2.58. The van der Waals surface area contributed by atoms with E-state index in [1.54, 1.807) is 12.3 Å². The largest absolute Gasteiger partial charge is 0.432 e. The van der Waals surface area contributed by atoms with Crippen molar-refractivity contribution in [1.29, 1.82) is 0 Å². The Labute approximate surface area is 138 Å². The Morgan fingerprint density at radius 1 is 1.33 bits per heavy atom. The number of rotatable bonds is 5. The van der Waals surface area contributed by atoms with Crippen molar-refractivity contribution in [2.75, 3.05) is 19.6 Å². The number of aromatic nitrogens is 1. The van der Waals surface area contributed by atoms with Gasteiger partial charge in [0.05, 0.1) is 0 Å². The molecular formula is C17H18F3N3O. The number of alkyl halides is 2. The molecule has 1 aliphatic rings. The van der Waals surface area contributed by atoms with Crippen LogP contribution in [-0.4, -0.2) is 36.1 Å². The molecule has 0 amide bonds. The molecule has 1 aromatic carbocycles. The van der Waals surface area contributed by atoms with E-state index in [0.29, 0.717) is 12.1 Å². The van der Waals surface area contributed by atoms with Crippen LogP contribution in [0.1, 0.15) is 17.2 Å². The van der Waals surface area contributed by atoms with Gasteiger partial charge in [-0.05, 0) is 29.3 Å². The third-order valence-electron chi connectivity index (χ3n) is 4.02. The Morgan fingerprint density at radius 2 is 2.21 bits per heavy atom. The summed E-state index contributed by atoms with van der Waals surface area (Å²) in [5.74, 6) is -1.21. The van der Waals surface area contributed by atoms with Crippen LogP contribution in [0.2, 0.25) is 0 Å². The van der Waals surface area contributed by atoms with Crippen molar-refractivity contribution >= 4 is 0 Å². The zero-order chi connectivity index (χ0) is 16.9. The van der Waals surface area contributed by atoms with Crippen LogP contribution in [0, 0.1) is 5.82 Å². The average molecular weight is 337 g/mol. The molecule has 1 aliphatic heterocycles. The molecular weight excluding hydrogens is 319 g/mol. The maximum absolute atomic E-state index is 13.9. The molecule has 7 heteroatoms. The number of nitrogens with zero attached hydrogens (tertiary/aromatic N) is 2. The molecule has 0 spiro atoms. The lowest BCUT2D eigenvalue weighted by molar-refractivity contribution is -0.0522. The van der Waals surface area contributed by atoms with Gasteiger partial charge in [-0.15, -0.1) is 0 Å². The number of halogens is 3. The van der Waals surface area contributed by atoms with Crippen molar-refractivity contribution in [3.63, 3.8) is 0 Å². The smallest absolute Gasteiger partial charge is 0.387 e. The first-order valence-electron chi connectivity index (χ1n) is 7.71. The summed E-state index contributed by atoms with van der Waals surface area (Å²) < 4.78 is 42.4. The van der Waals surface area contributed by atoms with Crippen LogP contribution in [-0.2, 0) is 6.54 Å². The van der Waals surface area contributed by atoms with Gasteiger partial charge in [0, 0.05) is 44.6 Å². The molecule has 128 valence electrons. The van der Waals surface area contributed by atoms with Gasteiger partial charge in [0.2, 0.25) is 0 Å². The van der Waals surface area contributed by atoms with Crippen LogP contribution in [0.25, 0.3) is 0 Å². The summed E-state index contributed by atoms with van der Waals surface area (Å²) in [6.45, 7) is -0.0932. The van der Waals surface area contributed by atoms with Crippen molar-refractivity contribution in [3.8, 4) is 5.75 Å². The molecule has 24 heavy (non-hydrogen) atoms. The van der Waals surface area contributed by atoms with Crippen molar-refractivity contribution in [1.82, 2.24) is 15.2 Å². The van der Waals surface area contributed by atoms with Crippen molar-refractivity contribution < 1.29 is 17.9 Å². The second-order valence-electron chi connectivity index (χ2n) is 5.62. The van der Waals surface area contributed by atoms with E-state index in [0.717, 1.165) is 25.2 Å². The zero-order valence-corrected chi connectivity index (χ0v) is 13.0. The highest BCUT2D eigenvalue weighted by atomic mass is 19.3. The SMILES string of the molecule is Fc1cc(CN2CCNCC2c2cccnc2)ccc1OC(F)F. The molecule has 0 aliphatic carbocycles. The van der Waals surface area contributed by atoms with E-state index in [1.165, 1.54) is 12.1 Å². The molecule has 1 atom stereocenters. The third kappa shape index (κ3) is 4.04. The predicted octanol–water partition coefficient (Wildman–Crippen LogP) is 2.97. The van der Waals surface area contributed by atoms with Crippen LogP contribution in [0.5, 0.6) is 5.75 Å². The van der Waals surface area contributed by atoms with Crippen LogP contribution in [0.4, 0.5) is 13.2 Å². The lowest BCUT2D eigenvalue weighted by Gasteiger charge is -2.36. The molecule has 0 saturated carbocycles. The zero-order valence-electron chi connectivity index (χ0n) is 13.0. The Morgan fingerprint density at radius 3 is 2.92 bits per heavy atom. The van der Waals surface area contributed by atoms with Gasteiger partial charge in [-0.25, -0.2) is 4.39 Å². The molecule has 1 fully saturated rings. The van der Waals surface area contributed by atoms with Crippen molar-refractivity contribution in [2.24, 2.45) is 0 Å². The first-order valence-corrected chi connectivity index (χ1v) is 7.71. The monoisotopic (exact) mass is 337 g/mol. The third-order valence-corrected chi connectivity index (χ3v) is 4.02. The van der Waals surface area contributed by atoms with Gasteiger partial charge in [-0.2, -0.15) is 8.78 Å². The molecule has 1 aromatic heterocycles. The maximum Gasteiger partial charge on any atom is 0.387 e. The van der Waals surface area contributed by atoms with Gasteiger partial charge in [0.15, 0.2) is 11.6 Å². The molecule has 0 bridgehead atoms. The van der Waals surface area contributed by atoms with E-state index < -0.39 is 18.2 Å². The molecule has 1 saturated heterocycles. The number of nitrogens with one attached hydrogen (secondary N) is 1. The first-order chi connectivity index (χ1) is 11.6. The fourth-order valence-electron chi connectivity index (χ4n) is 2.91. The summed E-state index contributed by atoms with van der Waals surface area (Å²) in [6, 6.07) is 8.14. The van der Waals surface area contributed by atoms with Gasteiger partial charge in [0.25, 0.3) is 0 Å². The minimum absolute atomic E-state index is 0.132. The minimum Gasteiger partial charge on any atom is -0.432 e. The fraction of sp³-hybridized carbons (Fsp3) is 0.353. The molecule has 4 nitrogen and oxygen atoms in total. The Kier molecular flexibility index (Phi) is 5.32. The second kappa shape index (κ2) is 7.63. The van der Waals surface area contributed by atoms with E-state index in [1.807, 2.05) is 18.3 Å². The minimum atomic E-state index is -3.03. The summed E-state index contributed by atoms with van der Waals surface area (Å²) >= 11 is 0. The number of hydrogen-bond acceptors (Lipinski definition) is 4. The molecule has 1 N–H and O–H groups in total. The highest BCUT2D eigenvalue weighted by Gasteiger charge is 2.24. The Balaban J connectivity index is 1.75. The summed E-state index contributed by atoms with van der Waals surface area (Å²) in [7, 11) is 0. The van der Waals surface area contributed by atoms with Crippen LogP contribution in [0.15, 0.2) is 42.7 Å². The lowest BCUT2D eigenvalue weighted by atomic mass is 10.0. The Bertz CT molecular complexity index is 669. The highest BCUT2D eigenvalue weighted by Crippen LogP contribution is 2.26. The molecule has 0 radical (unpaired) electrons. The van der Waals surface area contributed by atoms with Gasteiger partial charge in [-0.1, -0.05) is 12.1 Å². The topological polar surface area (TPSA) is 37.4 Å². The van der Waals surface area contributed by atoms with Crippen LogP contribution < -0.4 is 10.1 Å². The van der Waals surface area contributed by atoms with Crippen LogP contribution in [0.3, 0.4) is 0 Å². The molecule has 3 rings (SSSR count). The molecule has 1 unspecified atom stereocenters. The summed E-state index contributed by atoms with van der Waals surface area (Å²) in [5.41, 5.74) is 1.80. The quantitative estimate of drug-likeness (QED) is 0.910. The predicted molar refractivity (Wildman–Crippen MR) is 83.3 cm³/mol. The number of piperazine rings is 1. The van der Waals surface area contributed by atoms with E-state index in [2.05, 4.69) is 19.9 Å². The summed E-state index contributed by atoms with van der Waals surface area (Å²) in [6.07, 6.45) is 3.55. The van der Waals surface area contributed by atoms with Gasteiger partial charge < -0.3 is 10.1 Å². The van der Waals surface area contributed by atoms with E-state index >= 15 is 0 Å². The first kappa shape index (κ1) is 16.7. The highest BCUT2D eigenvalue weighted by molar-refractivity contribution is 5.29. The number of ether oxygens (including phenoxy) is 1. The number of pyridine rings is 1. The van der Waals surface area contributed by atoms with Gasteiger partial charge >= 0.3 is 6.61 Å². The van der Waals surface area contributed by atoms with Crippen molar-refractivity contribution in [2.45, 2.75) is 19.2 Å². The standard InChI is InChI=1S/C17H18F3N3O/c18-14-8-12(3-4-16(14)24-17(19)20)11-23-7-6-22-10-15(23)13-2-1-5-21-9-13/h1-5,8-9,15,17,22H,6-7,10-11H2. The second-order valence-corrected chi connectivity index (χ2v) is 5.62. The number of hydrogen-bond donors (Lipinski definition) is 1. The van der Waals surface area contributed by atoms with Crippen molar-refractivity contribution in [3.05, 3.63) is 59.7 Å².